The number of halogens is 2. The molecule has 2 rings (SSSR count). The van der Waals surface area contributed by atoms with Crippen LogP contribution in [0, 0.1) is 10.1 Å². The van der Waals surface area contributed by atoms with E-state index in [1.165, 1.54) is 0 Å². The molecular weight excluding hydrogens is 368 g/mol. The van der Waals surface area contributed by atoms with E-state index in [1.807, 2.05) is 11.0 Å². The molecular formula is C10H10Br2N4O2. The van der Waals surface area contributed by atoms with E-state index in [4.69, 9.17) is 0 Å². The lowest BCUT2D eigenvalue weighted by Gasteiger charge is -2.17. The first-order valence-electron chi connectivity index (χ1n) is 5.20. The zero-order chi connectivity index (χ0) is 13.1. The third kappa shape index (κ3) is 3.20. The number of hydrogen-bond acceptors (Lipinski definition) is 5. The molecule has 1 aliphatic heterocycles. The normalized spacial score (nSPS) is 17.0. The van der Waals surface area contributed by atoms with Crippen LogP contribution in [-0.2, 0) is 6.54 Å². The quantitative estimate of drug-likeness (QED) is 0.496. The second kappa shape index (κ2) is 5.66. The van der Waals surface area contributed by atoms with Gasteiger partial charge in [0.05, 0.1) is 4.92 Å². The number of nitrogens with zero attached hydrogens (tertiary/aromatic N) is 3. The molecule has 8 heteroatoms. The van der Waals surface area contributed by atoms with E-state index < -0.39 is 4.92 Å². The Morgan fingerprint density at radius 2 is 2.39 bits per heavy atom. The smallest absolute Gasteiger partial charge is 0.274 e. The van der Waals surface area contributed by atoms with Gasteiger partial charge in [-0.2, -0.15) is 0 Å². The Balaban J connectivity index is 2.15. The molecule has 0 spiro atoms. The Morgan fingerprint density at radius 1 is 1.61 bits per heavy atom. The van der Waals surface area contributed by atoms with E-state index >= 15 is 0 Å². The molecule has 0 unspecified atom stereocenters. The minimum atomic E-state index is -0.449. The van der Waals surface area contributed by atoms with Gasteiger partial charge in [0.2, 0.25) is 0 Å². The third-order valence-corrected chi connectivity index (χ3v) is 3.69. The summed E-state index contributed by atoms with van der Waals surface area (Å²) >= 11 is 6.74. The van der Waals surface area contributed by atoms with Crippen molar-refractivity contribution in [3.05, 3.63) is 49.0 Å². The van der Waals surface area contributed by atoms with Crippen molar-refractivity contribution < 1.29 is 4.92 Å². The van der Waals surface area contributed by atoms with Gasteiger partial charge in [0.25, 0.3) is 6.20 Å². The molecule has 1 aromatic rings. The molecule has 0 radical (unpaired) electrons. The topological polar surface area (TPSA) is 71.3 Å². The number of nitro groups is 1. The molecule has 0 aromatic carbocycles. The molecule has 1 N–H and O–H groups in total. The van der Waals surface area contributed by atoms with Crippen molar-refractivity contribution in [3.63, 3.8) is 0 Å². The Kier molecular flexibility index (Phi) is 4.18. The van der Waals surface area contributed by atoms with Crippen LogP contribution in [-0.4, -0.2) is 27.9 Å². The van der Waals surface area contributed by atoms with Crippen molar-refractivity contribution in [3.8, 4) is 0 Å². The third-order valence-electron chi connectivity index (χ3n) is 2.51. The summed E-state index contributed by atoms with van der Waals surface area (Å²) in [5, 5.41) is 13.5. The van der Waals surface area contributed by atoms with Gasteiger partial charge in [-0.25, -0.2) is 4.98 Å². The molecule has 0 aliphatic carbocycles. The summed E-state index contributed by atoms with van der Waals surface area (Å²) in [6.07, 6.45) is 2.74. The maximum Gasteiger partial charge on any atom is 0.274 e. The van der Waals surface area contributed by atoms with Crippen LogP contribution >= 0.6 is 31.9 Å². The van der Waals surface area contributed by atoms with Gasteiger partial charge in [0, 0.05) is 35.9 Å². The predicted octanol–water partition coefficient (Wildman–Crippen LogP) is 2.09. The fourth-order valence-electron chi connectivity index (χ4n) is 1.70. The second-order valence-corrected chi connectivity index (χ2v) is 5.41. The van der Waals surface area contributed by atoms with Crippen LogP contribution < -0.4 is 5.32 Å². The van der Waals surface area contributed by atoms with Gasteiger partial charge < -0.3 is 10.2 Å². The molecule has 0 amide bonds. The standard InChI is InChI=1S/C10H10Br2N4O2/c11-8-3-9(12)14-4-7(8)5-15-2-1-13-10(15)6-16(17)18/h3-4,6,13H,1-2,5H2/b10-6+. The Morgan fingerprint density at radius 3 is 3.06 bits per heavy atom. The maximum absolute atomic E-state index is 10.5. The van der Waals surface area contributed by atoms with Crippen LogP contribution in [0.1, 0.15) is 5.56 Å². The lowest BCUT2D eigenvalue weighted by atomic mass is 10.2. The van der Waals surface area contributed by atoms with Crippen LogP contribution in [0.25, 0.3) is 0 Å². The zero-order valence-corrected chi connectivity index (χ0v) is 12.4. The van der Waals surface area contributed by atoms with E-state index in [0.717, 1.165) is 27.4 Å². The number of pyridine rings is 1. The molecule has 96 valence electrons. The molecule has 1 aliphatic rings. The summed E-state index contributed by atoms with van der Waals surface area (Å²) in [4.78, 5) is 16.1. The fraction of sp³-hybridized carbons (Fsp3) is 0.300. The van der Waals surface area contributed by atoms with Crippen LogP contribution in [0.15, 0.2) is 33.4 Å². The van der Waals surface area contributed by atoms with E-state index in [-0.39, 0.29) is 0 Å². The number of hydrogen-bond donors (Lipinski definition) is 1. The summed E-state index contributed by atoms with van der Waals surface area (Å²) in [7, 11) is 0. The first kappa shape index (κ1) is 13.3. The van der Waals surface area contributed by atoms with Gasteiger partial charge in [-0.15, -0.1) is 0 Å². The van der Waals surface area contributed by atoms with E-state index in [0.29, 0.717) is 18.9 Å². The molecule has 0 bridgehead atoms. The zero-order valence-electron chi connectivity index (χ0n) is 9.27. The van der Waals surface area contributed by atoms with Gasteiger partial charge >= 0.3 is 0 Å². The van der Waals surface area contributed by atoms with E-state index in [1.54, 1.807) is 6.20 Å². The highest BCUT2D eigenvalue weighted by Crippen LogP contribution is 2.22. The van der Waals surface area contributed by atoms with Gasteiger partial charge in [-0.05, 0) is 22.0 Å². The first-order chi connectivity index (χ1) is 8.56. The van der Waals surface area contributed by atoms with Crippen molar-refractivity contribution in [1.29, 1.82) is 0 Å². The predicted molar refractivity (Wildman–Crippen MR) is 73.1 cm³/mol. The van der Waals surface area contributed by atoms with Gasteiger partial charge in [-0.3, -0.25) is 10.1 Å². The van der Waals surface area contributed by atoms with E-state index in [9.17, 15) is 10.1 Å². The molecule has 1 saturated heterocycles. The summed E-state index contributed by atoms with van der Waals surface area (Å²) < 4.78 is 1.68. The number of rotatable bonds is 3. The van der Waals surface area contributed by atoms with Gasteiger partial charge in [0.15, 0.2) is 5.82 Å². The first-order valence-corrected chi connectivity index (χ1v) is 6.79. The summed E-state index contributed by atoms with van der Waals surface area (Å²) in [5.41, 5.74) is 0.983. The largest absolute Gasteiger partial charge is 0.365 e. The Hall–Kier alpha value is -1.15. The molecule has 1 fully saturated rings. The van der Waals surface area contributed by atoms with Gasteiger partial charge in [-0.1, -0.05) is 15.9 Å². The minimum absolute atomic E-state index is 0.449. The molecule has 2 heterocycles. The van der Waals surface area contributed by atoms with Crippen LogP contribution in [0.5, 0.6) is 0 Å². The van der Waals surface area contributed by atoms with Crippen LogP contribution in [0.3, 0.4) is 0 Å². The minimum Gasteiger partial charge on any atom is -0.365 e. The second-order valence-electron chi connectivity index (χ2n) is 3.75. The van der Waals surface area contributed by atoms with Crippen LogP contribution in [0.4, 0.5) is 0 Å². The lowest BCUT2D eigenvalue weighted by Crippen LogP contribution is -2.21. The van der Waals surface area contributed by atoms with Crippen LogP contribution in [0.2, 0.25) is 0 Å². The highest BCUT2D eigenvalue weighted by atomic mass is 79.9. The highest BCUT2D eigenvalue weighted by molar-refractivity contribution is 9.11. The van der Waals surface area contributed by atoms with Crippen molar-refractivity contribution >= 4 is 31.9 Å². The maximum atomic E-state index is 10.5. The van der Waals surface area contributed by atoms with Crippen molar-refractivity contribution in [2.75, 3.05) is 13.1 Å². The summed E-state index contributed by atoms with van der Waals surface area (Å²) in [5.74, 6) is 0.537. The monoisotopic (exact) mass is 376 g/mol. The van der Waals surface area contributed by atoms with Gasteiger partial charge in [0.1, 0.15) is 4.60 Å². The fourth-order valence-corrected chi connectivity index (χ4v) is 2.78. The molecule has 6 nitrogen and oxygen atoms in total. The average molecular weight is 378 g/mol. The average Bonchev–Trinajstić information content (AvgIpc) is 2.69. The molecule has 1 aromatic heterocycles. The van der Waals surface area contributed by atoms with Crippen molar-refractivity contribution in [1.82, 2.24) is 15.2 Å². The van der Waals surface area contributed by atoms with Crippen molar-refractivity contribution in [2.24, 2.45) is 0 Å². The van der Waals surface area contributed by atoms with Crippen molar-refractivity contribution in [2.45, 2.75) is 6.54 Å². The molecule has 0 atom stereocenters. The SMILES string of the molecule is O=[N+]([O-])/C=C1\NCCN1Cc1cnc(Br)cc1Br. The number of aromatic nitrogens is 1. The Bertz CT molecular complexity index is 507. The lowest BCUT2D eigenvalue weighted by molar-refractivity contribution is -0.404. The molecule has 18 heavy (non-hydrogen) atoms. The molecule has 0 saturated carbocycles. The summed E-state index contributed by atoms with van der Waals surface area (Å²) in [6, 6.07) is 1.86. The number of nitrogens with one attached hydrogen (secondary N) is 1. The Labute approximate surface area is 120 Å². The highest BCUT2D eigenvalue weighted by Gasteiger charge is 2.20. The van der Waals surface area contributed by atoms with E-state index in [2.05, 4.69) is 42.2 Å². The summed E-state index contributed by atoms with van der Waals surface area (Å²) in [6.45, 7) is 2.02.